The molecule has 2 nitrogen and oxygen atoms in total. The van der Waals surface area contributed by atoms with Gasteiger partial charge in [0.2, 0.25) is 0 Å². The minimum Gasteiger partial charge on any atom is -0.355 e. The van der Waals surface area contributed by atoms with E-state index in [9.17, 15) is 4.79 Å². The molecule has 0 saturated heterocycles. The molecular formula is C11H17NO. The molecule has 0 rings (SSSR count). The molecule has 0 aromatic carbocycles. The Kier molecular flexibility index (Phi) is 5.60. The summed E-state index contributed by atoms with van der Waals surface area (Å²) in [5.41, 5.74) is 1.67. The van der Waals surface area contributed by atoms with Crippen LogP contribution in [0.2, 0.25) is 0 Å². The molecule has 0 aromatic heterocycles. The van der Waals surface area contributed by atoms with Gasteiger partial charge in [0.1, 0.15) is 0 Å². The van der Waals surface area contributed by atoms with Crippen LogP contribution in [0, 0.1) is 0 Å². The van der Waals surface area contributed by atoms with Crippen molar-refractivity contribution < 1.29 is 4.79 Å². The summed E-state index contributed by atoms with van der Waals surface area (Å²) in [6.45, 7) is 7.54. The molecule has 0 atom stereocenters. The first kappa shape index (κ1) is 11.7. The van der Waals surface area contributed by atoms with Crippen LogP contribution in [0.5, 0.6) is 0 Å². The summed E-state index contributed by atoms with van der Waals surface area (Å²) < 4.78 is 0. The number of likely N-dealkylation sites (N-methyl/N-ethyl adjacent to an activating group) is 1. The van der Waals surface area contributed by atoms with E-state index in [2.05, 4.69) is 11.9 Å². The molecule has 2 heteroatoms. The van der Waals surface area contributed by atoms with Crippen molar-refractivity contribution in [3.63, 3.8) is 0 Å². The van der Waals surface area contributed by atoms with Crippen molar-refractivity contribution in [2.45, 2.75) is 20.3 Å². The van der Waals surface area contributed by atoms with Crippen LogP contribution in [0.1, 0.15) is 20.3 Å². The number of hydrogen-bond acceptors (Lipinski definition) is 1. The smallest absolute Gasteiger partial charge is 0.251 e. The van der Waals surface area contributed by atoms with Crippen molar-refractivity contribution in [2.24, 2.45) is 0 Å². The zero-order valence-electron chi connectivity index (χ0n) is 8.55. The quantitative estimate of drug-likeness (QED) is 0.520. The van der Waals surface area contributed by atoms with E-state index < -0.39 is 0 Å². The maximum absolute atomic E-state index is 11.4. The van der Waals surface area contributed by atoms with E-state index in [1.165, 1.54) is 0 Å². The number of carbonyl (C=O) groups is 1. The summed E-state index contributed by atoms with van der Waals surface area (Å²) in [6, 6.07) is 0. The van der Waals surface area contributed by atoms with Gasteiger partial charge in [-0.05, 0) is 25.0 Å². The van der Waals surface area contributed by atoms with Gasteiger partial charge in [0.25, 0.3) is 5.91 Å². The van der Waals surface area contributed by atoms with Crippen molar-refractivity contribution in [1.82, 2.24) is 5.32 Å². The predicted octanol–water partition coefficient (Wildman–Crippen LogP) is 2.20. The van der Waals surface area contributed by atoms with E-state index >= 15 is 0 Å². The van der Waals surface area contributed by atoms with Crippen LogP contribution in [-0.2, 0) is 4.79 Å². The summed E-state index contributed by atoms with van der Waals surface area (Å²) >= 11 is 0. The standard InChI is InChI=1S/C11H17NO/c1-5-7-9(3)10(8-6-2)11(13)12-4/h6-8H,2,5H2,1,3-4H3,(H,12,13)/b9-7-,10-8+. The van der Waals surface area contributed by atoms with Gasteiger partial charge in [-0.25, -0.2) is 0 Å². The van der Waals surface area contributed by atoms with Gasteiger partial charge in [-0.2, -0.15) is 0 Å². The van der Waals surface area contributed by atoms with Crippen molar-refractivity contribution in [1.29, 1.82) is 0 Å². The second-order valence-corrected chi connectivity index (χ2v) is 2.69. The fraction of sp³-hybridized carbons (Fsp3) is 0.364. The van der Waals surface area contributed by atoms with Gasteiger partial charge in [0, 0.05) is 12.6 Å². The molecule has 0 unspecified atom stereocenters. The molecule has 13 heavy (non-hydrogen) atoms. The summed E-state index contributed by atoms with van der Waals surface area (Å²) in [5, 5.41) is 2.59. The average Bonchev–Trinajstić information content (AvgIpc) is 2.13. The lowest BCUT2D eigenvalue weighted by molar-refractivity contribution is -0.116. The lowest BCUT2D eigenvalue weighted by atomic mass is 10.1. The fourth-order valence-electron chi connectivity index (χ4n) is 1.05. The lowest BCUT2D eigenvalue weighted by Crippen LogP contribution is -2.20. The Morgan fingerprint density at radius 1 is 1.54 bits per heavy atom. The molecule has 0 heterocycles. The molecule has 0 bridgehead atoms. The molecule has 72 valence electrons. The Bertz CT molecular complexity index is 249. The topological polar surface area (TPSA) is 29.1 Å². The SMILES string of the molecule is C=C/C=C(C(=O)NC)\C(C)=C/CC. The normalized spacial score (nSPS) is 12.5. The third kappa shape index (κ3) is 3.74. The van der Waals surface area contributed by atoms with Gasteiger partial charge in [-0.1, -0.05) is 25.7 Å². The summed E-state index contributed by atoms with van der Waals surface area (Å²) in [5.74, 6) is -0.0675. The molecule has 0 aromatic rings. The number of rotatable bonds is 4. The van der Waals surface area contributed by atoms with Gasteiger partial charge in [0.05, 0.1) is 0 Å². The third-order valence-corrected chi connectivity index (χ3v) is 1.69. The number of carbonyl (C=O) groups excluding carboxylic acids is 1. The Hall–Kier alpha value is -1.31. The number of hydrogen-bond donors (Lipinski definition) is 1. The highest BCUT2D eigenvalue weighted by molar-refractivity contribution is 5.97. The van der Waals surface area contributed by atoms with Crippen LogP contribution in [0.4, 0.5) is 0 Å². The second-order valence-electron chi connectivity index (χ2n) is 2.69. The second kappa shape index (κ2) is 6.23. The van der Waals surface area contributed by atoms with Crippen LogP contribution in [0.15, 0.2) is 36.0 Å². The van der Waals surface area contributed by atoms with Gasteiger partial charge < -0.3 is 5.32 Å². The lowest BCUT2D eigenvalue weighted by Gasteiger charge is -2.05. The molecule has 0 radical (unpaired) electrons. The van der Waals surface area contributed by atoms with Gasteiger partial charge in [-0.3, -0.25) is 4.79 Å². The maximum Gasteiger partial charge on any atom is 0.251 e. The third-order valence-electron chi connectivity index (χ3n) is 1.69. The number of amides is 1. The van der Waals surface area contributed by atoms with Gasteiger partial charge in [0.15, 0.2) is 0 Å². The molecule has 1 N–H and O–H groups in total. The average molecular weight is 179 g/mol. The largest absolute Gasteiger partial charge is 0.355 e. The van der Waals surface area contributed by atoms with E-state index in [4.69, 9.17) is 0 Å². The van der Waals surface area contributed by atoms with E-state index in [0.29, 0.717) is 5.57 Å². The minimum atomic E-state index is -0.0675. The number of allylic oxidation sites excluding steroid dienone is 3. The zero-order chi connectivity index (χ0) is 10.3. The van der Waals surface area contributed by atoms with Crippen LogP contribution in [-0.4, -0.2) is 13.0 Å². The van der Waals surface area contributed by atoms with Crippen molar-refractivity contribution in [3.05, 3.63) is 36.0 Å². The molecule has 1 amide bonds. The zero-order valence-corrected chi connectivity index (χ0v) is 8.55. The van der Waals surface area contributed by atoms with Crippen molar-refractivity contribution in [2.75, 3.05) is 7.05 Å². The Morgan fingerprint density at radius 3 is 2.54 bits per heavy atom. The summed E-state index contributed by atoms with van der Waals surface area (Å²) in [4.78, 5) is 11.4. The van der Waals surface area contributed by atoms with E-state index in [1.807, 2.05) is 19.9 Å². The van der Waals surface area contributed by atoms with E-state index in [1.54, 1.807) is 19.2 Å². The Morgan fingerprint density at radius 2 is 2.15 bits per heavy atom. The van der Waals surface area contributed by atoms with Gasteiger partial charge >= 0.3 is 0 Å². The highest BCUT2D eigenvalue weighted by Gasteiger charge is 2.06. The first-order chi connectivity index (χ1) is 6.17. The molecule has 0 aliphatic heterocycles. The fourth-order valence-corrected chi connectivity index (χ4v) is 1.05. The first-order valence-electron chi connectivity index (χ1n) is 4.39. The van der Waals surface area contributed by atoms with Gasteiger partial charge in [-0.15, -0.1) is 0 Å². The van der Waals surface area contributed by atoms with E-state index in [-0.39, 0.29) is 5.91 Å². The van der Waals surface area contributed by atoms with Crippen LogP contribution < -0.4 is 5.32 Å². The minimum absolute atomic E-state index is 0.0675. The number of nitrogens with one attached hydrogen (secondary N) is 1. The Labute approximate surface area is 80.0 Å². The van der Waals surface area contributed by atoms with Crippen LogP contribution in [0.3, 0.4) is 0 Å². The first-order valence-corrected chi connectivity index (χ1v) is 4.39. The molecule has 0 spiro atoms. The predicted molar refractivity (Wildman–Crippen MR) is 56.4 cm³/mol. The summed E-state index contributed by atoms with van der Waals surface area (Å²) in [6.07, 6.45) is 6.29. The molecule has 0 saturated carbocycles. The van der Waals surface area contributed by atoms with Crippen molar-refractivity contribution >= 4 is 5.91 Å². The molecule has 0 aliphatic carbocycles. The molecular weight excluding hydrogens is 162 g/mol. The van der Waals surface area contributed by atoms with Crippen molar-refractivity contribution in [3.8, 4) is 0 Å². The Balaban J connectivity index is 4.82. The summed E-state index contributed by atoms with van der Waals surface area (Å²) in [7, 11) is 1.62. The molecule has 0 aliphatic rings. The van der Waals surface area contributed by atoms with Crippen LogP contribution in [0.25, 0.3) is 0 Å². The highest BCUT2D eigenvalue weighted by atomic mass is 16.1. The maximum atomic E-state index is 11.4. The van der Waals surface area contributed by atoms with Crippen LogP contribution >= 0.6 is 0 Å². The monoisotopic (exact) mass is 179 g/mol. The highest BCUT2D eigenvalue weighted by Crippen LogP contribution is 2.10. The molecule has 0 fully saturated rings. The van der Waals surface area contributed by atoms with E-state index in [0.717, 1.165) is 12.0 Å².